The maximum atomic E-state index is 10.2. The van der Waals surface area contributed by atoms with Gasteiger partial charge in [0.2, 0.25) is 0 Å². The Balaban J connectivity index is -0.000000403. The number of benzene rings is 1. The maximum Gasteiger partial charge on any atom is 1.00 e. The molecule has 0 atom stereocenters. The van der Waals surface area contributed by atoms with E-state index in [0.717, 1.165) is 0 Å². The summed E-state index contributed by atoms with van der Waals surface area (Å²) in [5.41, 5.74) is 0.388. The van der Waals surface area contributed by atoms with Crippen molar-refractivity contribution in [3.05, 3.63) is 35.4 Å². The zero-order valence-corrected chi connectivity index (χ0v) is 7.98. The van der Waals surface area contributed by atoms with E-state index >= 15 is 0 Å². The molecular formula is C8H5Li2O4-. The van der Waals surface area contributed by atoms with Crippen LogP contribution in [0.3, 0.4) is 0 Å². The largest absolute Gasteiger partial charge is 1.00 e. The van der Waals surface area contributed by atoms with E-state index in [-0.39, 0.29) is 48.8 Å². The number of hydrogen-bond acceptors (Lipinski definition) is 4. The van der Waals surface area contributed by atoms with Gasteiger partial charge in [-0.3, -0.25) is 0 Å². The summed E-state index contributed by atoms with van der Waals surface area (Å²) in [4.78, 5) is 20.2. The Kier molecular flexibility index (Phi) is 12.4. The van der Waals surface area contributed by atoms with Gasteiger partial charge in [-0.1, -0.05) is 0 Å². The van der Waals surface area contributed by atoms with Crippen LogP contribution >= 0.6 is 0 Å². The van der Waals surface area contributed by atoms with Gasteiger partial charge in [0.15, 0.2) is 0 Å². The maximum absolute atomic E-state index is 10.2. The van der Waals surface area contributed by atoms with E-state index in [2.05, 4.69) is 0 Å². The summed E-state index contributed by atoms with van der Waals surface area (Å²) in [6.45, 7) is 0. The Morgan fingerprint density at radius 1 is 1.14 bits per heavy atom. The summed E-state index contributed by atoms with van der Waals surface area (Å²) in [6, 6.07) is 5.35. The predicted octanol–water partition coefficient (Wildman–Crippen LogP) is -6.66. The molecule has 0 unspecified atom stereocenters. The van der Waals surface area contributed by atoms with Gasteiger partial charge in [0, 0.05) is 0 Å². The van der Waals surface area contributed by atoms with E-state index < -0.39 is 5.97 Å². The van der Waals surface area contributed by atoms with Gasteiger partial charge in [-0.2, -0.15) is 17.7 Å². The van der Waals surface area contributed by atoms with E-state index in [1.54, 1.807) is 6.29 Å². The molecule has 1 rings (SSSR count). The zero-order chi connectivity index (χ0) is 8.27. The number of hydrogen-bond donors (Lipinski definition) is 0. The molecule has 4 nitrogen and oxygen atoms in total. The van der Waals surface area contributed by atoms with Gasteiger partial charge in [-0.15, -0.1) is 12.1 Å². The topological polar surface area (TPSA) is 87.2 Å². The van der Waals surface area contributed by atoms with Gasteiger partial charge in [0.05, 0.1) is 12.3 Å². The van der Waals surface area contributed by atoms with Crippen LogP contribution in [-0.2, 0) is 4.79 Å². The Labute approximate surface area is 105 Å². The van der Waals surface area contributed by atoms with E-state index in [4.69, 9.17) is 0 Å². The molecule has 1 aromatic rings. The van der Waals surface area contributed by atoms with E-state index in [1.807, 2.05) is 0 Å². The average Bonchev–Trinajstić information content (AvgIpc) is 2.05. The molecule has 0 bridgehead atoms. The number of carboxylic acids is 1. The predicted molar refractivity (Wildman–Crippen MR) is 37.5 cm³/mol. The Morgan fingerprint density at radius 2 is 1.57 bits per heavy atom. The summed E-state index contributed by atoms with van der Waals surface area (Å²) in [7, 11) is 0. The van der Waals surface area contributed by atoms with Crippen molar-refractivity contribution in [1.29, 1.82) is 0 Å². The first-order chi connectivity index (χ1) is 5.24. The molecule has 0 radical (unpaired) electrons. The van der Waals surface area contributed by atoms with Crippen LogP contribution in [0.15, 0.2) is 24.3 Å². The molecule has 0 aliphatic rings. The zero-order valence-electron chi connectivity index (χ0n) is 7.98. The van der Waals surface area contributed by atoms with Crippen molar-refractivity contribution in [2.24, 2.45) is 0 Å². The third-order valence-electron chi connectivity index (χ3n) is 1.24. The Hall–Kier alpha value is -0.485. The molecule has 14 heavy (non-hydrogen) atoms. The van der Waals surface area contributed by atoms with Crippen LogP contribution in [0.5, 0.6) is 0 Å². The van der Waals surface area contributed by atoms with Crippen molar-refractivity contribution in [3.8, 4) is 0 Å². The van der Waals surface area contributed by atoms with Crippen LogP contribution in [0.4, 0.5) is 0 Å². The van der Waals surface area contributed by atoms with Crippen molar-refractivity contribution in [2.45, 2.75) is 0 Å². The number of carboxylic acid groups (broad SMARTS) is 1. The second-order valence-electron chi connectivity index (χ2n) is 1.97. The molecule has 0 aliphatic carbocycles. The normalized spacial score (nSPS) is 7.14. The molecule has 1 aromatic carbocycles. The molecule has 0 fully saturated rings. The Morgan fingerprint density at radius 3 is 1.86 bits per heavy atom. The molecule has 0 amide bonds. The van der Waals surface area contributed by atoms with E-state index in [0.29, 0.717) is 5.56 Å². The summed E-state index contributed by atoms with van der Waals surface area (Å²) in [6.07, 6.45) is 1.63. The van der Waals surface area contributed by atoms with Gasteiger partial charge in [0.25, 0.3) is 0 Å². The van der Waals surface area contributed by atoms with Crippen LogP contribution in [0.25, 0.3) is 0 Å². The standard InChI is InChI=1S/C8H5O3.2Li.H2O/c9-5-6-1-3-7(4-2-6)8(10)11;;;/h1-4H,(H,10,11);;;1H2/q-1;2*+1;/p-2. The number of carbonyl (C=O) groups excluding carboxylic acids is 2. The molecule has 1 N–H and O–H groups in total. The minimum Gasteiger partial charge on any atom is -0.870 e. The third kappa shape index (κ3) is 5.29. The molecule has 64 valence electrons. The second kappa shape index (κ2) is 9.08. The van der Waals surface area contributed by atoms with Gasteiger partial charge < -0.3 is 20.2 Å². The van der Waals surface area contributed by atoms with Crippen LogP contribution in [0, 0.1) is 0 Å². The van der Waals surface area contributed by atoms with Crippen molar-refractivity contribution < 1.29 is 57.9 Å². The first-order valence-electron chi connectivity index (χ1n) is 2.93. The fourth-order valence-electron chi connectivity index (χ4n) is 0.674. The van der Waals surface area contributed by atoms with Gasteiger partial charge >= 0.3 is 37.7 Å². The molecule has 0 aromatic heterocycles. The smallest absolute Gasteiger partial charge is 0.870 e. The first kappa shape index (κ1) is 19.1. The molecule has 0 aliphatic heterocycles. The molecule has 0 saturated carbocycles. The third-order valence-corrected chi connectivity index (χ3v) is 1.24. The van der Waals surface area contributed by atoms with Crippen molar-refractivity contribution in [3.63, 3.8) is 0 Å². The van der Waals surface area contributed by atoms with Crippen molar-refractivity contribution >= 4 is 12.3 Å². The van der Waals surface area contributed by atoms with E-state index in [1.165, 1.54) is 24.3 Å². The average molecular weight is 179 g/mol. The summed E-state index contributed by atoms with van der Waals surface area (Å²) in [5.74, 6) is -1.25. The first-order valence-corrected chi connectivity index (χ1v) is 2.93. The number of aromatic carboxylic acids is 1. The Bertz CT molecular complexity index is 284. The fraction of sp³-hybridized carbons (Fsp3) is 0. The van der Waals surface area contributed by atoms with Gasteiger partial charge in [-0.05, 0) is 5.56 Å². The number of carbonyl (C=O) groups is 1. The van der Waals surface area contributed by atoms with Crippen molar-refractivity contribution in [1.82, 2.24) is 0 Å². The fourth-order valence-corrected chi connectivity index (χ4v) is 0.674. The van der Waals surface area contributed by atoms with Gasteiger partial charge in [-0.25, -0.2) is 0 Å². The molecule has 0 heterocycles. The van der Waals surface area contributed by atoms with Crippen LogP contribution < -0.4 is 42.8 Å². The minimum absolute atomic E-state index is 0. The quantitative estimate of drug-likeness (QED) is 0.333. The van der Waals surface area contributed by atoms with Crippen LogP contribution in [-0.4, -0.2) is 17.7 Å². The number of rotatable bonds is 2. The summed E-state index contributed by atoms with van der Waals surface area (Å²) >= 11 is 0. The minimum atomic E-state index is -1.25. The summed E-state index contributed by atoms with van der Waals surface area (Å²) < 4.78 is 0. The van der Waals surface area contributed by atoms with Gasteiger partial charge in [0.1, 0.15) is 0 Å². The van der Waals surface area contributed by atoms with Crippen LogP contribution in [0.2, 0.25) is 0 Å². The molecule has 0 spiro atoms. The summed E-state index contributed by atoms with van der Waals surface area (Å²) in [5, 5.41) is 10.2. The molecular weight excluding hydrogens is 174 g/mol. The van der Waals surface area contributed by atoms with Crippen molar-refractivity contribution in [2.75, 3.05) is 0 Å². The monoisotopic (exact) mass is 179 g/mol. The van der Waals surface area contributed by atoms with E-state index in [9.17, 15) is 14.7 Å². The molecule has 6 heteroatoms. The SMILES string of the molecule is O=[C-]c1ccc(C(=O)[O-])cc1.[Li+].[Li+].[OH-]. The molecule has 0 saturated heterocycles. The second-order valence-corrected chi connectivity index (χ2v) is 1.97. The van der Waals surface area contributed by atoms with Crippen LogP contribution in [0.1, 0.15) is 15.9 Å².